The summed E-state index contributed by atoms with van der Waals surface area (Å²) in [5.74, 6) is -1.44. The molecule has 1 saturated carbocycles. The predicted molar refractivity (Wildman–Crippen MR) is 114 cm³/mol. The van der Waals surface area contributed by atoms with Gasteiger partial charge in [-0.1, -0.05) is 6.92 Å². The summed E-state index contributed by atoms with van der Waals surface area (Å²) in [7, 11) is 0. The zero-order chi connectivity index (χ0) is 23.5. The fraction of sp³-hybridized carbons (Fsp3) is 0.727. The van der Waals surface area contributed by atoms with Crippen molar-refractivity contribution in [3.05, 3.63) is 21.9 Å². The first-order valence-corrected chi connectivity index (χ1v) is 11.8. The Bertz CT molecular complexity index is 811. The van der Waals surface area contributed by atoms with Crippen molar-refractivity contribution < 1.29 is 32.6 Å². The molecule has 10 heteroatoms. The number of likely N-dealkylation sites (tertiary alicyclic amines) is 1. The van der Waals surface area contributed by atoms with E-state index >= 15 is 0 Å². The second-order valence-electron chi connectivity index (χ2n) is 9.10. The lowest BCUT2D eigenvalue weighted by Gasteiger charge is -2.44. The molecule has 1 unspecified atom stereocenters. The van der Waals surface area contributed by atoms with Gasteiger partial charge < -0.3 is 15.2 Å². The number of piperidine rings is 1. The number of hydrogen-bond donors (Lipinski definition) is 2. The molecule has 1 aromatic rings. The van der Waals surface area contributed by atoms with Crippen LogP contribution >= 0.6 is 11.3 Å². The summed E-state index contributed by atoms with van der Waals surface area (Å²) in [5, 5.41) is 10.2. The largest absolute Gasteiger partial charge is 0.490 e. The lowest BCUT2D eigenvalue weighted by Crippen LogP contribution is -2.51. The van der Waals surface area contributed by atoms with Crippen LogP contribution in [0.5, 0.6) is 0 Å². The van der Waals surface area contributed by atoms with Crippen molar-refractivity contribution >= 4 is 23.2 Å². The predicted octanol–water partition coefficient (Wildman–Crippen LogP) is 3.98. The molecule has 2 N–H and O–H groups in total. The number of nitrogens with zero attached hydrogens (tertiary/aromatic N) is 1. The smallest absolute Gasteiger partial charge is 0.475 e. The number of aryl methyl sites for hydroxylation is 1. The first-order valence-electron chi connectivity index (χ1n) is 11.0. The van der Waals surface area contributed by atoms with Crippen LogP contribution in [0.15, 0.2) is 12.1 Å². The Balaban J connectivity index is 0.000000360. The molecule has 3 atom stereocenters. The molecule has 2 aliphatic heterocycles. The second-order valence-corrected chi connectivity index (χ2v) is 10.5. The molecule has 0 radical (unpaired) electrons. The average molecular weight is 477 g/mol. The number of thiophene rings is 1. The maximum absolute atomic E-state index is 12.4. The van der Waals surface area contributed by atoms with Crippen molar-refractivity contribution in [3.63, 3.8) is 0 Å². The quantitative estimate of drug-likeness (QED) is 0.672. The van der Waals surface area contributed by atoms with E-state index in [1.807, 2.05) is 11.3 Å². The molecule has 3 heterocycles. The third-order valence-electron chi connectivity index (χ3n) is 6.46. The van der Waals surface area contributed by atoms with E-state index < -0.39 is 12.1 Å². The van der Waals surface area contributed by atoms with E-state index in [0.29, 0.717) is 5.92 Å². The van der Waals surface area contributed by atoms with Gasteiger partial charge in [0.15, 0.2) is 0 Å². The Labute approximate surface area is 190 Å². The van der Waals surface area contributed by atoms with Crippen molar-refractivity contribution in [1.82, 2.24) is 10.2 Å². The Hall–Kier alpha value is -1.65. The second kappa shape index (κ2) is 10.1. The van der Waals surface area contributed by atoms with Gasteiger partial charge in [0.25, 0.3) is 0 Å². The lowest BCUT2D eigenvalue weighted by molar-refractivity contribution is -0.192. The summed E-state index contributed by atoms with van der Waals surface area (Å²) >= 11 is 1.90. The number of carbonyl (C=O) groups is 2. The molecule has 0 bridgehead atoms. The summed E-state index contributed by atoms with van der Waals surface area (Å²) in [6.07, 6.45) is 0.184. The van der Waals surface area contributed by atoms with Crippen molar-refractivity contribution in [2.45, 2.75) is 70.4 Å². The Morgan fingerprint density at radius 2 is 1.97 bits per heavy atom. The number of amides is 1. The number of alkyl halides is 3. The maximum Gasteiger partial charge on any atom is 0.490 e. The average Bonchev–Trinajstić information content (AvgIpc) is 3.30. The first-order chi connectivity index (χ1) is 15.0. The topological polar surface area (TPSA) is 78.9 Å². The normalized spacial score (nSPS) is 28.3. The number of ether oxygens (including phenoxy) is 1. The van der Waals surface area contributed by atoms with Crippen LogP contribution in [0.2, 0.25) is 0 Å². The van der Waals surface area contributed by atoms with Gasteiger partial charge in [-0.25, -0.2) is 4.79 Å². The molecule has 1 spiro atoms. The van der Waals surface area contributed by atoms with Crippen LogP contribution in [0.25, 0.3) is 0 Å². The molecular weight excluding hydrogens is 445 g/mol. The molecule has 3 fully saturated rings. The van der Waals surface area contributed by atoms with Crippen molar-refractivity contribution in [2.75, 3.05) is 19.6 Å². The van der Waals surface area contributed by atoms with Crippen LogP contribution in [0.4, 0.5) is 13.2 Å². The summed E-state index contributed by atoms with van der Waals surface area (Å²) in [4.78, 5) is 26.6. The Kier molecular flexibility index (Phi) is 7.88. The van der Waals surface area contributed by atoms with E-state index in [2.05, 4.69) is 36.2 Å². The fourth-order valence-electron chi connectivity index (χ4n) is 4.36. The molecule has 1 amide bonds. The van der Waals surface area contributed by atoms with Crippen molar-refractivity contribution in [3.8, 4) is 0 Å². The van der Waals surface area contributed by atoms with Crippen molar-refractivity contribution in [2.24, 2.45) is 11.8 Å². The maximum atomic E-state index is 12.4. The number of carboxylic acids is 1. The minimum atomic E-state index is -5.08. The molecular formula is C22H31F3N2O4S. The van der Waals surface area contributed by atoms with Gasteiger partial charge in [-0.3, -0.25) is 9.69 Å². The summed E-state index contributed by atoms with van der Waals surface area (Å²) < 4.78 is 38.1. The van der Waals surface area contributed by atoms with Gasteiger partial charge in [0.05, 0.1) is 5.60 Å². The summed E-state index contributed by atoms with van der Waals surface area (Å²) in [6, 6.07) is 4.46. The summed E-state index contributed by atoms with van der Waals surface area (Å²) in [5.41, 5.74) is -0.0799. The van der Waals surface area contributed by atoms with Crippen molar-refractivity contribution in [1.29, 1.82) is 0 Å². The molecule has 1 aromatic heterocycles. The van der Waals surface area contributed by atoms with Gasteiger partial charge in [0.2, 0.25) is 5.91 Å². The monoisotopic (exact) mass is 476 g/mol. The number of aliphatic carboxylic acids is 1. The molecule has 6 nitrogen and oxygen atoms in total. The van der Waals surface area contributed by atoms with Crippen LogP contribution in [0, 0.1) is 18.8 Å². The fourth-order valence-corrected chi connectivity index (χ4v) is 5.29. The van der Waals surface area contributed by atoms with Crippen LogP contribution in [-0.2, 0) is 20.9 Å². The summed E-state index contributed by atoms with van der Waals surface area (Å²) in [6.45, 7) is 8.49. The molecule has 32 heavy (non-hydrogen) atoms. The molecule has 1 aliphatic carbocycles. The third kappa shape index (κ3) is 6.68. The number of halogens is 3. The number of nitrogens with one attached hydrogen (secondary N) is 1. The SMILES string of the molecule is Cc1ccc(CN2CC[C@]3(CCC(C(=O)NCC4CC4)O3)[C@@H](C)C2)s1.O=C(O)C(F)(F)F. The Morgan fingerprint density at radius 1 is 1.28 bits per heavy atom. The van der Waals surface area contributed by atoms with Gasteiger partial charge in [-0.2, -0.15) is 13.2 Å². The minimum Gasteiger partial charge on any atom is -0.475 e. The number of hydrogen-bond acceptors (Lipinski definition) is 5. The van der Waals surface area contributed by atoms with E-state index in [-0.39, 0.29) is 17.6 Å². The van der Waals surface area contributed by atoms with Crippen LogP contribution in [-0.4, -0.2) is 59.4 Å². The lowest BCUT2D eigenvalue weighted by atomic mass is 9.80. The van der Waals surface area contributed by atoms with E-state index in [0.717, 1.165) is 51.4 Å². The third-order valence-corrected chi connectivity index (χ3v) is 7.45. The molecule has 3 aliphatic rings. The van der Waals surface area contributed by atoms with Gasteiger partial charge in [0.1, 0.15) is 6.10 Å². The zero-order valence-corrected chi connectivity index (χ0v) is 19.2. The molecule has 2 saturated heterocycles. The number of carboxylic acid groups (broad SMARTS) is 1. The number of rotatable bonds is 5. The molecule has 180 valence electrons. The van der Waals surface area contributed by atoms with Crippen LogP contribution in [0.3, 0.4) is 0 Å². The minimum absolute atomic E-state index is 0.0799. The van der Waals surface area contributed by atoms with E-state index in [9.17, 15) is 18.0 Å². The zero-order valence-electron chi connectivity index (χ0n) is 18.4. The molecule has 4 rings (SSSR count). The standard InChI is InChI=1S/C20H30N2O2S.C2HF3O2/c1-14-12-22(13-17-6-3-15(2)25-17)10-9-20(14)8-7-18(24-20)19(23)21-11-16-4-5-16;3-2(4,5)1(6)7/h3,6,14,16,18H,4-5,7-13H2,1-2H3,(H,21,23);(H,6,7)/t14-,18?,20+;/m0./s1. The number of carbonyl (C=O) groups excluding carboxylic acids is 1. The molecule has 0 aromatic carbocycles. The first kappa shape index (κ1) is 25.0. The van der Waals surface area contributed by atoms with Gasteiger partial charge in [0, 0.05) is 35.9 Å². The highest BCUT2D eigenvalue weighted by Crippen LogP contribution is 2.42. The van der Waals surface area contributed by atoms with E-state index in [1.165, 1.54) is 22.6 Å². The van der Waals surface area contributed by atoms with Gasteiger partial charge in [-0.05, 0) is 63.0 Å². The Morgan fingerprint density at radius 3 is 2.50 bits per heavy atom. The van der Waals surface area contributed by atoms with E-state index in [4.69, 9.17) is 14.6 Å². The van der Waals surface area contributed by atoms with Crippen LogP contribution < -0.4 is 5.32 Å². The van der Waals surface area contributed by atoms with Gasteiger partial charge >= 0.3 is 12.1 Å². The van der Waals surface area contributed by atoms with Gasteiger partial charge in [-0.15, -0.1) is 11.3 Å². The highest BCUT2D eigenvalue weighted by Gasteiger charge is 2.48. The highest BCUT2D eigenvalue weighted by atomic mass is 32.1. The van der Waals surface area contributed by atoms with E-state index in [1.54, 1.807) is 0 Å². The highest BCUT2D eigenvalue weighted by molar-refractivity contribution is 7.11. The van der Waals surface area contributed by atoms with Crippen LogP contribution in [0.1, 0.15) is 48.8 Å².